The molecule has 2 aromatic rings. The van der Waals surface area contributed by atoms with Crippen molar-refractivity contribution in [1.82, 2.24) is 4.90 Å². The van der Waals surface area contributed by atoms with Crippen LogP contribution in [0.25, 0.3) is 0 Å². The quantitative estimate of drug-likeness (QED) is 0.422. The van der Waals surface area contributed by atoms with Crippen LogP contribution in [0.1, 0.15) is 24.0 Å². The Morgan fingerprint density at radius 3 is 2.75 bits per heavy atom. The van der Waals surface area contributed by atoms with Crippen LogP contribution in [0.5, 0.6) is 5.75 Å². The van der Waals surface area contributed by atoms with E-state index >= 15 is 0 Å². The van der Waals surface area contributed by atoms with Crippen LogP contribution in [0.3, 0.4) is 0 Å². The summed E-state index contributed by atoms with van der Waals surface area (Å²) in [6.45, 7) is 1.88. The van der Waals surface area contributed by atoms with Crippen LogP contribution < -0.4 is 10.5 Å². The van der Waals surface area contributed by atoms with E-state index in [1.54, 1.807) is 6.21 Å². The lowest BCUT2D eigenvalue weighted by Gasteiger charge is -2.16. The average Bonchev–Trinajstić information content (AvgIpc) is 3.13. The molecule has 1 amide bonds. The van der Waals surface area contributed by atoms with Crippen LogP contribution in [-0.4, -0.2) is 41.9 Å². The van der Waals surface area contributed by atoms with E-state index in [4.69, 9.17) is 10.5 Å². The van der Waals surface area contributed by atoms with Crippen molar-refractivity contribution in [3.05, 3.63) is 65.7 Å². The molecule has 0 aromatic heterocycles. The van der Waals surface area contributed by atoms with Gasteiger partial charge in [-0.05, 0) is 24.1 Å². The fourth-order valence-corrected chi connectivity index (χ4v) is 3.45. The number of para-hydroxylation sites is 1. The van der Waals surface area contributed by atoms with Gasteiger partial charge in [-0.1, -0.05) is 54.2 Å². The van der Waals surface area contributed by atoms with Crippen molar-refractivity contribution < 1.29 is 9.53 Å². The minimum atomic E-state index is 0.205. The highest BCUT2D eigenvalue weighted by Gasteiger charge is 2.19. The van der Waals surface area contributed by atoms with E-state index in [-0.39, 0.29) is 5.91 Å². The molecule has 6 nitrogen and oxygen atoms in total. The number of ether oxygens (including phenoxy) is 1. The summed E-state index contributed by atoms with van der Waals surface area (Å²) in [5.41, 5.74) is 7.92. The SMILES string of the molecule is NC(=NN=Cc1ccccc1OCCN1CCCC1=O)SCc1ccccc1. The molecule has 0 atom stereocenters. The van der Waals surface area contributed by atoms with Crippen molar-refractivity contribution in [1.29, 1.82) is 0 Å². The van der Waals surface area contributed by atoms with E-state index in [0.29, 0.717) is 30.5 Å². The first kappa shape index (κ1) is 19.9. The maximum atomic E-state index is 11.7. The number of amidine groups is 1. The number of likely N-dealkylation sites (tertiary alicyclic amines) is 1. The second-order valence-corrected chi connectivity index (χ2v) is 7.32. The Hall–Kier alpha value is -2.80. The normalized spacial score (nSPS) is 14.8. The Labute approximate surface area is 169 Å². The maximum absolute atomic E-state index is 11.7. The van der Waals surface area contributed by atoms with Crippen LogP contribution >= 0.6 is 11.8 Å². The fourth-order valence-electron chi connectivity index (χ4n) is 2.83. The van der Waals surface area contributed by atoms with E-state index in [9.17, 15) is 4.79 Å². The van der Waals surface area contributed by atoms with Crippen molar-refractivity contribution in [3.8, 4) is 5.75 Å². The highest BCUT2D eigenvalue weighted by atomic mass is 32.2. The highest BCUT2D eigenvalue weighted by Crippen LogP contribution is 2.17. The molecule has 1 fully saturated rings. The van der Waals surface area contributed by atoms with Gasteiger partial charge in [0, 0.05) is 24.3 Å². The second kappa shape index (κ2) is 10.5. The Balaban J connectivity index is 1.51. The lowest BCUT2D eigenvalue weighted by Crippen LogP contribution is -2.29. The third-order valence-corrected chi connectivity index (χ3v) is 5.15. The molecule has 0 radical (unpaired) electrons. The lowest BCUT2D eigenvalue weighted by atomic mass is 10.2. The van der Waals surface area contributed by atoms with Gasteiger partial charge in [0.2, 0.25) is 5.91 Å². The predicted molar refractivity (Wildman–Crippen MR) is 115 cm³/mol. The molecule has 146 valence electrons. The molecule has 2 N–H and O–H groups in total. The Morgan fingerprint density at radius 2 is 1.96 bits per heavy atom. The van der Waals surface area contributed by atoms with Crippen molar-refractivity contribution in [2.24, 2.45) is 15.9 Å². The molecule has 1 saturated heterocycles. The molecule has 1 heterocycles. The van der Waals surface area contributed by atoms with Gasteiger partial charge >= 0.3 is 0 Å². The van der Waals surface area contributed by atoms with Gasteiger partial charge in [-0.2, -0.15) is 5.10 Å². The molecule has 0 saturated carbocycles. The third kappa shape index (κ3) is 6.13. The van der Waals surface area contributed by atoms with Gasteiger partial charge in [0.05, 0.1) is 12.8 Å². The van der Waals surface area contributed by atoms with Crippen molar-refractivity contribution >= 4 is 29.1 Å². The van der Waals surface area contributed by atoms with Crippen molar-refractivity contribution in [2.75, 3.05) is 19.7 Å². The molecular weight excluding hydrogens is 372 g/mol. The first-order valence-electron chi connectivity index (χ1n) is 9.25. The van der Waals surface area contributed by atoms with Gasteiger partial charge in [0.15, 0.2) is 5.17 Å². The second-order valence-electron chi connectivity index (χ2n) is 6.33. The summed E-state index contributed by atoms with van der Waals surface area (Å²) in [4.78, 5) is 13.5. The highest BCUT2D eigenvalue weighted by molar-refractivity contribution is 8.13. The number of nitrogens with zero attached hydrogens (tertiary/aromatic N) is 3. The van der Waals surface area contributed by atoms with Gasteiger partial charge in [-0.25, -0.2) is 0 Å². The molecule has 2 aromatic carbocycles. The number of carbonyl (C=O) groups excluding carboxylic acids is 1. The first-order chi connectivity index (χ1) is 13.7. The summed E-state index contributed by atoms with van der Waals surface area (Å²) in [5.74, 6) is 1.67. The van der Waals surface area contributed by atoms with Crippen molar-refractivity contribution in [3.63, 3.8) is 0 Å². The van der Waals surface area contributed by atoms with Crippen LogP contribution in [0.4, 0.5) is 0 Å². The molecule has 3 rings (SSSR count). The van der Waals surface area contributed by atoms with E-state index in [2.05, 4.69) is 10.2 Å². The minimum absolute atomic E-state index is 0.205. The minimum Gasteiger partial charge on any atom is -0.491 e. The first-order valence-corrected chi connectivity index (χ1v) is 10.2. The zero-order valence-electron chi connectivity index (χ0n) is 15.7. The van der Waals surface area contributed by atoms with Gasteiger partial charge in [0.1, 0.15) is 12.4 Å². The van der Waals surface area contributed by atoms with Gasteiger partial charge in [0.25, 0.3) is 0 Å². The summed E-state index contributed by atoms with van der Waals surface area (Å²) in [5, 5.41) is 8.54. The van der Waals surface area contributed by atoms with Gasteiger partial charge < -0.3 is 15.4 Å². The molecule has 0 unspecified atom stereocenters. The number of hydrogen-bond donors (Lipinski definition) is 1. The van der Waals surface area contributed by atoms with Gasteiger partial charge in [-0.3, -0.25) is 4.79 Å². The predicted octanol–water partition coefficient (Wildman–Crippen LogP) is 3.27. The number of amides is 1. The van der Waals surface area contributed by atoms with Crippen molar-refractivity contribution in [2.45, 2.75) is 18.6 Å². The molecule has 7 heteroatoms. The number of thioether (sulfide) groups is 1. The summed E-state index contributed by atoms with van der Waals surface area (Å²) in [6.07, 6.45) is 3.21. The molecule has 1 aliphatic heterocycles. The Kier molecular flexibility index (Phi) is 7.49. The zero-order valence-corrected chi connectivity index (χ0v) is 16.5. The van der Waals surface area contributed by atoms with Crippen LogP contribution in [0.2, 0.25) is 0 Å². The molecule has 28 heavy (non-hydrogen) atoms. The zero-order chi connectivity index (χ0) is 19.6. The molecule has 1 aliphatic rings. The number of hydrogen-bond acceptors (Lipinski definition) is 5. The van der Waals surface area contributed by atoms with Crippen LogP contribution in [0, 0.1) is 0 Å². The van der Waals surface area contributed by atoms with E-state index in [1.807, 2.05) is 59.5 Å². The number of carbonyl (C=O) groups is 1. The summed E-state index contributed by atoms with van der Waals surface area (Å²) in [7, 11) is 0. The molecule has 0 spiro atoms. The molecule has 0 aliphatic carbocycles. The lowest BCUT2D eigenvalue weighted by molar-refractivity contribution is -0.128. The topological polar surface area (TPSA) is 80.3 Å². The molecule has 0 bridgehead atoms. The molecular formula is C21H24N4O2S. The van der Waals surface area contributed by atoms with E-state index in [0.717, 1.165) is 24.3 Å². The van der Waals surface area contributed by atoms with E-state index < -0.39 is 0 Å². The Bertz CT molecular complexity index is 839. The summed E-state index contributed by atoms with van der Waals surface area (Å²) < 4.78 is 5.84. The number of rotatable bonds is 8. The maximum Gasteiger partial charge on any atom is 0.222 e. The Morgan fingerprint density at radius 1 is 1.18 bits per heavy atom. The number of benzene rings is 2. The summed E-state index contributed by atoms with van der Waals surface area (Å²) in [6, 6.07) is 17.7. The van der Waals surface area contributed by atoms with Crippen LogP contribution in [-0.2, 0) is 10.5 Å². The average molecular weight is 397 g/mol. The third-order valence-electron chi connectivity index (χ3n) is 4.29. The standard InChI is InChI=1S/C21H24N4O2S/c22-21(28-16-17-7-2-1-3-8-17)24-23-15-18-9-4-5-10-19(18)27-14-13-25-12-6-11-20(25)26/h1-5,7-10,15H,6,11-14,16H2,(H2,22,24). The van der Waals surface area contributed by atoms with Gasteiger partial charge in [-0.15, -0.1) is 5.10 Å². The van der Waals surface area contributed by atoms with E-state index in [1.165, 1.54) is 17.3 Å². The number of nitrogens with two attached hydrogens (primary N) is 1. The monoisotopic (exact) mass is 396 g/mol. The largest absolute Gasteiger partial charge is 0.491 e. The smallest absolute Gasteiger partial charge is 0.222 e. The fraction of sp³-hybridized carbons (Fsp3) is 0.286. The summed E-state index contributed by atoms with van der Waals surface area (Å²) >= 11 is 1.44. The van der Waals surface area contributed by atoms with Crippen LogP contribution in [0.15, 0.2) is 64.8 Å².